The third-order valence-electron chi connectivity index (χ3n) is 2.16. The summed E-state index contributed by atoms with van der Waals surface area (Å²) in [5.74, 6) is 0. The molecular weight excluding hydrogens is 178 g/mol. The monoisotopic (exact) mass is 191 g/mol. The van der Waals surface area contributed by atoms with Gasteiger partial charge < -0.3 is 0 Å². The fourth-order valence-electron chi connectivity index (χ4n) is 1.50. The van der Waals surface area contributed by atoms with Gasteiger partial charge in [-0.05, 0) is 30.0 Å². The fraction of sp³-hybridized carbons (Fsp3) is 0.273. The topological polar surface area (TPSA) is 3.24 Å². The lowest BCUT2D eigenvalue weighted by Gasteiger charge is -2.25. The zero-order chi connectivity index (χ0) is 9.10. The molecule has 0 N–H and O–H groups in total. The van der Waals surface area contributed by atoms with Crippen molar-refractivity contribution >= 4 is 11.9 Å². The van der Waals surface area contributed by atoms with E-state index in [4.69, 9.17) is 0 Å². The van der Waals surface area contributed by atoms with Gasteiger partial charge in [-0.1, -0.05) is 24.3 Å². The molecule has 0 bridgehead atoms. The van der Waals surface area contributed by atoms with Crippen molar-refractivity contribution in [3.05, 3.63) is 42.5 Å². The number of rotatable bonds is 2. The molecule has 1 aromatic carbocycles. The summed E-state index contributed by atoms with van der Waals surface area (Å²) in [6.45, 7) is 5.86. The summed E-state index contributed by atoms with van der Waals surface area (Å²) in [4.78, 5) is 1.40. The summed E-state index contributed by atoms with van der Waals surface area (Å²) in [6, 6.07) is 8.62. The van der Waals surface area contributed by atoms with Gasteiger partial charge in [0.2, 0.25) is 0 Å². The second kappa shape index (κ2) is 3.99. The molecule has 0 radical (unpaired) electrons. The van der Waals surface area contributed by atoms with Gasteiger partial charge in [-0.15, -0.1) is 6.58 Å². The number of fused-ring (bicyclic) bond motifs is 1. The van der Waals surface area contributed by atoms with Crippen molar-refractivity contribution in [1.82, 2.24) is 4.31 Å². The maximum absolute atomic E-state index is 3.76. The van der Waals surface area contributed by atoms with Gasteiger partial charge in [-0.25, -0.2) is 4.31 Å². The van der Waals surface area contributed by atoms with Crippen LogP contribution >= 0.6 is 11.9 Å². The van der Waals surface area contributed by atoms with Crippen LogP contribution in [0.2, 0.25) is 0 Å². The number of nitrogens with zero attached hydrogens (tertiary/aromatic N) is 1. The van der Waals surface area contributed by atoms with Gasteiger partial charge in [-0.3, -0.25) is 0 Å². The summed E-state index contributed by atoms with van der Waals surface area (Å²) in [5, 5.41) is 0. The molecule has 1 heterocycles. The van der Waals surface area contributed by atoms with Crippen LogP contribution in [0.25, 0.3) is 0 Å². The molecule has 0 saturated carbocycles. The average molecular weight is 191 g/mol. The molecule has 0 aromatic heterocycles. The normalized spacial score (nSPS) is 16.6. The minimum absolute atomic E-state index is 0.971. The van der Waals surface area contributed by atoms with Crippen molar-refractivity contribution in [1.29, 1.82) is 0 Å². The van der Waals surface area contributed by atoms with Gasteiger partial charge in [0, 0.05) is 18.0 Å². The summed E-state index contributed by atoms with van der Waals surface area (Å²) in [6.07, 6.45) is 3.12. The minimum Gasteiger partial charge on any atom is -0.242 e. The van der Waals surface area contributed by atoms with E-state index >= 15 is 0 Å². The molecule has 13 heavy (non-hydrogen) atoms. The Morgan fingerprint density at radius 2 is 2.31 bits per heavy atom. The Bertz CT molecular complexity index is 309. The predicted molar refractivity (Wildman–Crippen MR) is 57.8 cm³/mol. The van der Waals surface area contributed by atoms with E-state index in [9.17, 15) is 0 Å². The maximum Gasteiger partial charge on any atom is 0.0271 e. The number of hydrogen-bond donors (Lipinski definition) is 0. The molecule has 0 amide bonds. The second-order valence-electron chi connectivity index (χ2n) is 3.13. The van der Waals surface area contributed by atoms with Gasteiger partial charge >= 0.3 is 0 Å². The van der Waals surface area contributed by atoms with Crippen molar-refractivity contribution in [3.63, 3.8) is 0 Å². The third kappa shape index (κ3) is 1.95. The SMILES string of the molecule is C=CCN1CCc2ccccc2S1. The molecule has 2 heteroatoms. The summed E-state index contributed by atoms with van der Waals surface area (Å²) in [5.41, 5.74) is 1.48. The highest BCUT2D eigenvalue weighted by molar-refractivity contribution is 7.97. The maximum atomic E-state index is 3.76. The Kier molecular flexibility index (Phi) is 2.71. The first-order valence-electron chi connectivity index (χ1n) is 4.52. The molecule has 0 fully saturated rings. The second-order valence-corrected chi connectivity index (χ2v) is 4.26. The van der Waals surface area contributed by atoms with E-state index in [-0.39, 0.29) is 0 Å². The van der Waals surface area contributed by atoms with Crippen molar-refractivity contribution in [2.75, 3.05) is 13.1 Å². The Hall–Kier alpha value is -0.730. The van der Waals surface area contributed by atoms with Crippen molar-refractivity contribution < 1.29 is 0 Å². The molecule has 0 unspecified atom stereocenters. The molecule has 2 rings (SSSR count). The first-order valence-corrected chi connectivity index (χ1v) is 5.29. The van der Waals surface area contributed by atoms with Gasteiger partial charge in [0.05, 0.1) is 0 Å². The lowest BCUT2D eigenvalue weighted by atomic mass is 10.1. The van der Waals surface area contributed by atoms with E-state index in [1.165, 1.54) is 10.5 Å². The van der Waals surface area contributed by atoms with Crippen LogP contribution in [-0.2, 0) is 6.42 Å². The third-order valence-corrected chi connectivity index (χ3v) is 3.35. The number of hydrogen-bond acceptors (Lipinski definition) is 2. The van der Waals surface area contributed by atoms with Gasteiger partial charge in [0.1, 0.15) is 0 Å². The highest BCUT2D eigenvalue weighted by Gasteiger charge is 2.14. The zero-order valence-electron chi connectivity index (χ0n) is 7.57. The smallest absolute Gasteiger partial charge is 0.0271 e. The Morgan fingerprint density at radius 1 is 1.46 bits per heavy atom. The molecule has 0 aliphatic carbocycles. The highest BCUT2D eigenvalue weighted by Crippen LogP contribution is 2.30. The van der Waals surface area contributed by atoms with E-state index in [2.05, 4.69) is 35.1 Å². The van der Waals surface area contributed by atoms with Gasteiger partial charge in [-0.2, -0.15) is 0 Å². The van der Waals surface area contributed by atoms with E-state index in [1.54, 1.807) is 0 Å². The van der Waals surface area contributed by atoms with E-state index in [0.29, 0.717) is 0 Å². The van der Waals surface area contributed by atoms with E-state index in [1.807, 2.05) is 18.0 Å². The standard InChI is InChI=1S/C11H13NS/c1-2-8-12-9-7-10-5-3-4-6-11(10)13-12/h2-6H,1,7-9H2. The molecule has 1 aliphatic heterocycles. The van der Waals surface area contributed by atoms with Gasteiger partial charge in [0.25, 0.3) is 0 Å². The van der Waals surface area contributed by atoms with Crippen molar-refractivity contribution in [3.8, 4) is 0 Å². The average Bonchev–Trinajstić information content (AvgIpc) is 2.18. The molecule has 0 spiro atoms. The largest absolute Gasteiger partial charge is 0.242 e. The summed E-state index contributed by atoms with van der Waals surface area (Å²) in [7, 11) is 0. The molecule has 1 nitrogen and oxygen atoms in total. The molecule has 1 aromatic rings. The highest BCUT2D eigenvalue weighted by atomic mass is 32.2. The van der Waals surface area contributed by atoms with Crippen LogP contribution in [0.5, 0.6) is 0 Å². The number of benzene rings is 1. The quantitative estimate of drug-likeness (QED) is 0.522. The molecule has 0 atom stereocenters. The lowest BCUT2D eigenvalue weighted by molar-refractivity contribution is 0.509. The molecule has 68 valence electrons. The zero-order valence-corrected chi connectivity index (χ0v) is 8.39. The molecular formula is C11H13NS. The van der Waals surface area contributed by atoms with Crippen LogP contribution in [0.1, 0.15) is 5.56 Å². The van der Waals surface area contributed by atoms with E-state index in [0.717, 1.165) is 19.5 Å². The van der Waals surface area contributed by atoms with Crippen LogP contribution in [0.3, 0.4) is 0 Å². The van der Waals surface area contributed by atoms with Crippen molar-refractivity contribution in [2.24, 2.45) is 0 Å². The Balaban J connectivity index is 2.15. The summed E-state index contributed by atoms with van der Waals surface area (Å²) >= 11 is 1.84. The molecule has 1 aliphatic rings. The van der Waals surface area contributed by atoms with Crippen LogP contribution in [-0.4, -0.2) is 17.4 Å². The van der Waals surface area contributed by atoms with Crippen LogP contribution in [0.15, 0.2) is 41.8 Å². The van der Waals surface area contributed by atoms with Crippen LogP contribution in [0, 0.1) is 0 Å². The Morgan fingerprint density at radius 3 is 3.15 bits per heavy atom. The fourth-order valence-corrected chi connectivity index (χ4v) is 2.57. The Labute approximate surface area is 83.6 Å². The first-order chi connectivity index (χ1) is 6.40. The predicted octanol–water partition coefficient (Wildman–Crippen LogP) is 2.74. The first kappa shape index (κ1) is 8.85. The summed E-state index contributed by atoms with van der Waals surface area (Å²) < 4.78 is 2.34. The minimum atomic E-state index is 0.971. The van der Waals surface area contributed by atoms with Crippen LogP contribution in [0.4, 0.5) is 0 Å². The van der Waals surface area contributed by atoms with Gasteiger partial charge in [0.15, 0.2) is 0 Å². The van der Waals surface area contributed by atoms with Crippen LogP contribution < -0.4 is 0 Å². The van der Waals surface area contributed by atoms with Crippen molar-refractivity contribution in [2.45, 2.75) is 11.3 Å². The molecule has 0 saturated heterocycles. The van der Waals surface area contributed by atoms with E-state index < -0.39 is 0 Å². The lowest BCUT2D eigenvalue weighted by Crippen LogP contribution is -2.22.